The molecule has 0 aromatic carbocycles. The fourth-order valence-corrected chi connectivity index (χ4v) is 5.22. The van der Waals surface area contributed by atoms with E-state index in [1.807, 2.05) is 11.8 Å². The molecule has 0 saturated carbocycles. The van der Waals surface area contributed by atoms with Gasteiger partial charge in [0.15, 0.2) is 9.84 Å². The Bertz CT molecular complexity index is 279. The summed E-state index contributed by atoms with van der Waals surface area (Å²) < 4.78 is 23.1. The van der Waals surface area contributed by atoms with E-state index in [9.17, 15) is 8.42 Å². The molecule has 1 rings (SSSR count). The van der Waals surface area contributed by atoms with Crippen LogP contribution in [0.1, 0.15) is 6.92 Å². The minimum atomic E-state index is -2.92. The molecule has 1 atom stereocenters. The van der Waals surface area contributed by atoms with Crippen molar-refractivity contribution in [2.45, 2.75) is 12.3 Å². The highest BCUT2D eigenvalue weighted by molar-refractivity contribution is 8.01. The van der Waals surface area contributed by atoms with Crippen molar-refractivity contribution in [3.63, 3.8) is 0 Å². The van der Waals surface area contributed by atoms with Gasteiger partial charge in [0, 0.05) is 36.6 Å². The highest BCUT2D eigenvalue weighted by Gasteiger charge is 2.30. The van der Waals surface area contributed by atoms with Crippen molar-refractivity contribution in [2.24, 2.45) is 0 Å². The lowest BCUT2D eigenvalue weighted by Crippen LogP contribution is -2.47. The Balaban J connectivity index is 2.51. The van der Waals surface area contributed by atoms with E-state index in [1.54, 1.807) is 11.8 Å². The third-order valence-electron chi connectivity index (χ3n) is 2.41. The first-order chi connectivity index (χ1) is 7.05. The molecule has 0 aliphatic carbocycles. The minimum Gasteiger partial charge on any atom is -0.285 e. The molecule has 1 fully saturated rings. The van der Waals surface area contributed by atoms with Gasteiger partial charge in [-0.05, 0) is 5.75 Å². The largest absolute Gasteiger partial charge is 0.285 e. The molecule has 1 heterocycles. The lowest BCUT2D eigenvalue weighted by atomic mass is 10.5. The van der Waals surface area contributed by atoms with Crippen LogP contribution in [0.2, 0.25) is 0 Å². The summed E-state index contributed by atoms with van der Waals surface area (Å²) in [5.74, 6) is 3.93. The number of hydrogen-bond donors (Lipinski definition) is 0. The van der Waals surface area contributed by atoms with E-state index in [0.29, 0.717) is 0 Å². The van der Waals surface area contributed by atoms with Crippen molar-refractivity contribution in [1.82, 2.24) is 4.90 Å². The van der Waals surface area contributed by atoms with E-state index >= 15 is 0 Å². The predicted molar refractivity (Wildman–Crippen MR) is 70.5 cm³/mol. The third-order valence-corrected chi connectivity index (χ3v) is 5.98. The average Bonchev–Trinajstić information content (AvgIpc) is 2.17. The summed E-state index contributed by atoms with van der Waals surface area (Å²) in [6.45, 7) is 3.94. The molecule has 1 unspecified atom stereocenters. The maximum atomic E-state index is 11.6. The topological polar surface area (TPSA) is 37.4 Å². The monoisotopic (exact) mass is 269 g/mol. The van der Waals surface area contributed by atoms with Crippen molar-refractivity contribution >= 4 is 33.4 Å². The second kappa shape index (κ2) is 6.37. The molecule has 15 heavy (non-hydrogen) atoms. The van der Waals surface area contributed by atoms with Gasteiger partial charge in [0.25, 0.3) is 0 Å². The molecule has 0 N–H and O–H groups in total. The number of thioether (sulfide) groups is 2. The molecule has 1 aliphatic heterocycles. The van der Waals surface area contributed by atoms with Crippen LogP contribution >= 0.6 is 23.5 Å². The van der Waals surface area contributed by atoms with Gasteiger partial charge in [-0.1, -0.05) is 6.92 Å². The SMILES string of the molecule is CCSCCN1CCSCC1S(C)(=O)=O. The quantitative estimate of drug-likeness (QED) is 0.700. The van der Waals surface area contributed by atoms with Crippen molar-refractivity contribution in [2.75, 3.05) is 42.4 Å². The molecule has 0 amide bonds. The van der Waals surface area contributed by atoms with Crippen LogP contribution in [-0.4, -0.2) is 61.0 Å². The lowest BCUT2D eigenvalue weighted by molar-refractivity contribution is 0.287. The molecule has 0 radical (unpaired) electrons. The van der Waals surface area contributed by atoms with Crippen LogP contribution in [0.15, 0.2) is 0 Å². The van der Waals surface area contributed by atoms with E-state index < -0.39 is 9.84 Å². The highest BCUT2D eigenvalue weighted by Crippen LogP contribution is 2.20. The zero-order valence-electron chi connectivity index (χ0n) is 9.31. The first kappa shape index (κ1) is 13.7. The highest BCUT2D eigenvalue weighted by atomic mass is 32.2. The van der Waals surface area contributed by atoms with Crippen molar-refractivity contribution in [1.29, 1.82) is 0 Å². The zero-order chi connectivity index (χ0) is 11.3. The average molecular weight is 269 g/mol. The summed E-state index contributed by atoms with van der Waals surface area (Å²) in [4.78, 5) is 2.12. The Hall–Kier alpha value is 0.610. The summed E-state index contributed by atoms with van der Waals surface area (Å²) in [5.41, 5.74) is 0. The maximum absolute atomic E-state index is 11.6. The van der Waals surface area contributed by atoms with Gasteiger partial charge in [-0.2, -0.15) is 23.5 Å². The van der Waals surface area contributed by atoms with Crippen molar-refractivity contribution < 1.29 is 8.42 Å². The van der Waals surface area contributed by atoms with Gasteiger partial charge in [0.05, 0.1) is 0 Å². The molecule has 90 valence electrons. The molecule has 0 spiro atoms. The van der Waals surface area contributed by atoms with Crippen LogP contribution in [0.25, 0.3) is 0 Å². The fraction of sp³-hybridized carbons (Fsp3) is 1.00. The van der Waals surface area contributed by atoms with Crippen molar-refractivity contribution in [3.05, 3.63) is 0 Å². The molecule has 0 aromatic rings. The van der Waals surface area contributed by atoms with E-state index in [-0.39, 0.29) is 5.37 Å². The van der Waals surface area contributed by atoms with Gasteiger partial charge in [0.1, 0.15) is 5.37 Å². The van der Waals surface area contributed by atoms with Crippen LogP contribution in [-0.2, 0) is 9.84 Å². The van der Waals surface area contributed by atoms with E-state index in [0.717, 1.165) is 36.1 Å². The molecular formula is C9H19NO2S3. The first-order valence-electron chi connectivity index (χ1n) is 5.14. The van der Waals surface area contributed by atoms with E-state index in [2.05, 4.69) is 11.8 Å². The lowest BCUT2D eigenvalue weighted by Gasteiger charge is -2.33. The zero-order valence-corrected chi connectivity index (χ0v) is 11.8. The molecule has 6 heteroatoms. The van der Waals surface area contributed by atoms with Gasteiger partial charge in [-0.15, -0.1) is 0 Å². The molecule has 1 saturated heterocycles. The Kier molecular flexibility index (Phi) is 5.81. The van der Waals surface area contributed by atoms with Gasteiger partial charge >= 0.3 is 0 Å². The molecule has 3 nitrogen and oxygen atoms in total. The van der Waals surface area contributed by atoms with Crippen LogP contribution < -0.4 is 0 Å². The fourth-order valence-electron chi connectivity index (χ4n) is 1.59. The Morgan fingerprint density at radius 2 is 2.27 bits per heavy atom. The maximum Gasteiger partial charge on any atom is 0.164 e. The Morgan fingerprint density at radius 3 is 2.87 bits per heavy atom. The van der Waals surface area contributed by atoms with Crippen LogP contribution in [0.3, 0.4) is 0 Å². The minimum absolute atomic E-state index is 0.256. The number of hydrogen-bond acceptors (Lipinski definition) is 5. The third kappa shape index (κ3) is 4.54. The van der Waals surface area contributed by atoms with Gasteiger partial charge in [0.2, 0.25) is 0 Å². The summed E-state index contributed by atoms with van der Waals surface area (Å²) in [6.07, 6.45) is 1.35. The summed E-state index contributed by atoms with van der Waals surface area (Å²) >= 11 is 3.62. The second-order valence-electron chi connectivity index (χ2n) is 3.59. The van der Waals surface area contributed by atoms with Crippen LogP contribution in [0, 0.1) is 0 Å². The van der Waals surface area contributed by atoms with Gasteiger partial charge in [-0.25, -0.2) is 8.42 Å². The van der Waals surface area contributed by atoms with Gasteiger partial charge < -0.3 is 0 Å². The Labute approximate surface area is 101 Å². The molecule has 1 aliphatic rings. The van der Waals surface area contributed by atoms with Crippen molar-refractivity contribution in [3.8, 4) is 0 Å². The second-order valence-corrected chi connectivity index (χ2v) is 8.34. The smallest absolute Gasteiger partial charge is 0.164 e. The van der Waals surface area contributed by atoms with Crippen LogP contribution in [0.5, 0.6) is 0 Å². The van der Waals surface area contributed by atoms with Gasteiger partial charge in [-0.3, -0.25) is 4.90 Å². The van der Waals surface area contributed by atoms with E-state index in [1.165, 1.54) is 6.26 Å². The summed E-state index contributed by atoms with van der Waals surface area (Å²) in [7, 11) is -2.92. The first-order valence-corrected chi connectivity index (χ1v) is 9.40. The number of rotatable bonds is 5. The summed E-state index contributed by atoms with van der Waals surface area (Å²) in [5, 5.41) is -0.256. The summed E-state index contributed by atoms with van der Waals surface area (Å²) in [6, 6.07) is 0. The Morgan fingerprint density at radius 1 is 1.53 bits per heavy atom. The number of sulfone groups is 1. The predicted octanol–water partition coefficient (Wildman–Crippen LogP) is 1.16. The molecule has 0 aromatic heterocycles. The normalized spacial score (nSPS) is 24.3. The molecular weight excluding hydrogens is 250 g/mol. The molecule has 0 bridgehead atoms. The standard InChI is InChI=1S/C9H19NO2S3/c1-3-13-6-4-10-5-7-14-8-9(10)15(2,11)12/h9H,3-8H2,1-2H3. The van der Waals surface area contributed by atoms with E-state index in [4.69, 9.17) is 0 Å². The van der Waals surface area contributed by atoms with Crippen LogP contribution in [0.4, 0.5) is 0 Å². The number of nitrogens with zero attached hydrogens (tertiary/aromatic N) is 1.